The number of carbonyl (C=O) groups is 4. The molecule has 1 saturated carbocycles. The molecule has 0 bridgehead atoms. The van der Waals surface area contributed by atoms with Gasteiger partial charge in [0.2, 0.25) is 5.91 Å². The molecule has 0 aromatic rings. The van der Waals surface area contributed by atoms with Crippen LogP contribution in [0, 0.1) is 5.92 Å². The number of fused-ring (bicyclic) bond motifs is 1. The number of carboxylic acids is 2. The van der Waals surface area contributed by atoms with Crippen molar-refractivity contribution in [2.45, 2.75) is 109 Å². The fourth-order valence-corrected chi connectivity index (χ4v) is 5.04. The average molecular weight is 611 g/mol. The van der Waals surface area contributed by atoms with Crippen LogP contribution in [0.5, 0.6) is 0 Å². The quantitative estimate of drug-likeness (QED) is 0.0733. The number of nitrogens with one attached hydrogen (secondary N) is 1. The number of carboxylic acid groups (broad SMARTS) is 2. The van der Waals surface area contributed by atoms with Gasteiger partial charge in [-0.15, -0.1) is 0 Å². The summed E-state index contributed by atoms with van der Waals surface area (Å²) in [7, 11) is 0. The third kappa shape index (κ3) is 13.0. The van der Waals surface area contributed by atoms with Gasteiger partial charge < -0.3 is 37.1 Å². The van der Waals surface area contributed by atoms with Crippen molar-refractivity contribution in [2.24, 2.45) is 28.1 Å². The van der Waals surface area contributed by atoms with Gasteiger partial charge in [-0.05, 0) is 58.3 Å². The zero-order chi connectivity index (χ0) is 28.8. The Morgan fingerprint density at radius 3 is 2.23 bits per heavy atom. The predicted octanol–water partition coefficient (Wildman–Crippen LogP) is 0.618. The number of aliphatic carboxylic acids is 2. The highest BCUT2D eigenvalue weighted by Crippen LogP contribution is 2.40. The second-order valence-electron chi connectivity index (χ2n) is 9.82. The summed E-state index contributed by atoms with van der Waals surface area (Å²) in [5.41, 5.74) is 15.3. The summed E-state index contributed by atoms with van der Waals surface area (Å²) in [5.74, 6) is -2.23. The molecule has 13 nitrogen and oxygen atoms in total. The number of nitrogens with two attached hydrogens (primary N) is 3. The fraction of sp³-hybridized carbons (Fsp3) is 0.800. The van der Waals surface area contributed by atoms with Crippen molar-refractivity contribution in [3.63, 3.8) is 0 Å². The van der Waals surface area contributed by atoms with Gasteiger partial charge in [-0.3, -0.25) is 24.7 Å². The van der Waals surface area contributed by atoms with E-state index in [0.29, 0.717) is 38.8 Å². The van der Waals surface area contributed by atoms with Crippen LogP contribution in [0.1, 0.15) is 78.6 Å². The number of guanidine groups is 1. The Hall–Kier alpha value is -2.23. The van der Waals surface area contributed by atoms with Crippen LogP contribution in [-0.2, 0) is 23.9 Å². The summed E-state index contributed by atoms with van der Waals surface area (Å²) in [5, 5.41) is 21.1. The van der Waals surface area contributed by atoms with Gasteiger partial charge >= 0.3 is 17.9 Å². The number of nitrogens with zero attached hydrogens (tertiary/aromatic N) is 2. The molecule has 234 valence electrons. The minimum Gasteiger partial charge on any atom is -0.480 e. The lowest BCUT2D eigenvalue weighted by molar-refractivity contribution is -0.152. The predicted molar refractivity (Wildman–Crippen MR) is 163 cm³/mol. The first-order valence-corrected chi connectivity index (χ1v) is 13.5. The zero-order valence-electron chi connectivity index (χ0n) is 23.8. The number of ether oxygens (including phenoxy) is 1. The van der Waals surface area contributed by atoms with Gasteiger partial charge in [0.05, 0.1) is 12.6 Å². The third-order valence-corrected chi connectivity index (χ3v) is 6.88. The van der Waals surface area contributed by atoms with E-state index in [9.17, 15) is 24.3 Å². The van der Waals surface area contributed by atoms with Crippen molar-refractivity contribution in [3.8, 4) is 0 Å². The molecule has 0 radical (unpaired) electrons. The van der Waals surface area contributed by atoms with Crippen LogP contribution in [0.4, 0.5) is 0 Å². The Kier molecular flexibility index (Phi) is 20.6. The van der Waals surface area contributed by atoms with Crippen LogP contribution in [0.3, 0.4) is 0 Å². The number of likely N-dealkylation sites (tertiary alicyclic amines) is 1. The monoisotopic (exact) mass is 610 g/mol. The number of amides is 1. The Morgan fingerprint density at radius 2 is 1.70 bits per heavy atom. The van der Waals surface area contributed by atoms with Crippen LogP contribution in [0.15, 0.2) is 4.99 Å². The molecule has 0 aromatic carbocycles. The highest BCUT2D eigenvalue weighted by molar-refractivity contribution is 7.59. The molecule has 1 heterocycles. The Bertz CT molecular complexity index is 831. The van der Waals surface area contributed by atoms with E-state index in [1.54, 1.807) is 18.7 Å². The Labute approximate surface area is 250 Å². The van der Waals surface area contributed by atoms with Crippen LogP contribution < -0.4 is 22.5 Å². The van der Waals surface area contributed by atoms with E-state index >= 15 is 0 Å². The van der Waals surface area contributed by atoms with Crippen molar-refractivity contribution in [1.29, 1.82) is 0 Å². The molecule has 40 heavy (non-hydrogen) atoms. The molecule has 0 unspecified atom stereocenters. The van der Waals surface area contributed by atoms with Gasteiger partial charge in [-0.2, -0.15) is 27.0 Å². The van der Waals surface area contributed by atoms with E-state index in [0.717, 1.165) is 32.1 Å². The van der Waals surface area contributed by atoms with Gasteiger partial charge in [-0.25, -0.2) is 4.79 Å². The van der Waals surface area contributed by atoms with Gasteiger partial charge in [0.15, 0.2) is 5.96 Å². The van der Waals surface area contributed by atoms with Crippen LogP contribution >= 0.6 is 27.0 Å². The van der Waals surface area contributed by atoms with E-state index in [1.807, 2.05) is 6.92 Å². The van der Waals surface area contributed by atoms with Crippen LogP contribution in [-0.4, -0.2) is 88.2 Å². The van der Waals surface area contributed by atoms with Gasteiger partial charge in [0.1, 0.15) is 18.1 Å². The first-order valence-electron chi connectivity index (χ1n) is 13.5. The van der Waals surface area contributed by atoms with Crippen LogP contribution in [0.2, 0.25) is 0 Å². The molecule has 2 fully saturated rings. The summed E-state index contributed by atoms with van der Waals surface area (Å²) in [6.07, 6.45) is 6.83. The maximum absolute atomic E-state index is 13.1. The third-order valence-electron chi connectivity index (χ3n) is 6.88. The van der Waals surface area contributed by atoms with Crippen molar-refractivity contribution in [1.82, 2.24) is 10.2 Å². The maximum Gasteiger partial charge on any atom is 0.326 e. The number of aliphatic imine (C=N–C) groups is 1. The molecule has 2 rings (SSSR count). The molecule has 1 aliphatic carbocycles. The molecule has 9 N–H and O–H groups in total. The Balaban J connectivity index is 0. The summed E-state index contributed by atoms with van der Waals surface area (Å²) in [4.78, 5) is 52.4. The molecular weight excluding hydrogens is 560 g/mol. The first-order chi connectivity index (χ1) is 17.9. The molecule has 1 amide bonds. The SMILES string of the molecule is CCC[C@H](N[C@@H](C)C(=O)N1[C@H](C(=O)O)C[C@@H]2CCCC[C@@H]21)C(=O)OCC.NC(N)=NCCC[C@H](N)C(=O)O.S.S. The largest absolute Gasteiger partial charge is 0.480 e. The normalized spacial score (nSPS) is 21.5. The van der Waals surface area contributed by atoms with Crippen molar-refractivity contribution in [3.05, 3.63) is 0 Å². The molecular formula is C25H50N6O7S2. The first kappa shape index (κ1) is 39.9. The van der Waals surface area contributed by atoms with Gasteiger partial charge in [0, 0.05) is 12.6 Å². The van der Waals surface area contributed by atoms with E-state index in [2.05, 4.69) is 10.3 Å². The number of esters is 1. The number of hydrogen-bond acceptors (Lipinski definition) is 8. The van der Waals surface area contributed by atoms with Crippen molar-refractivity contribution in [2.75, 3.05) is 13.2 Å². The lowest BCUT2D eigenvalue weighted by Crippen LogP contribution is -2.55. The molecule has 1 aliphatic heterocycles. The van der Waals surface area contributed by atoms with Crippen molar-refractivity contribution < 1.29 is 34.1 Å². The van der Waals surface area contributed by atoms with E-state index in [-0.39, 0.29) is 56.8 Å². The zero-order valence-corrected chi connectivity index (χ0v) is 25.8. The van der Waals surface area contributed by atoms with E-state index in [4.69, 9.17) is 27.0 Å². The topological polar surface area (TPSA) is 224 Å². The molecule has 0 spiro atoms. The molecule has 1 saturated heterocycles. The second-order valence-corrected chi connectivity index (χ2v) is 9.82. The fourth-order valence-electron chi connectivity index (χ4n) is 5.04. The lowest BCUT2D eigenvalue weighted by atomic mass is 9.84. The minimum absolute atomic E-state index is 0. The van der Waals surface area contributed by atoms with Gasteiger partial charge in [-0.1, -0.05) is 26.2 Å². The highest BCUT2D eigenvalue weighted by Gasteiger charge is 2.48. The summed E-state index contributed by atoms with van der Waals surface area (Å²) >= 11 is 0. The minimum atomic E-state index is -1.00. The summed E-state index contributed by atoms with van der Waals surface area (Å²) in [6.45, 7) is 6.14. The van der Waals surface area contributed by atoms with Crippen LogP contribution in [0.25, 0.3) is 0 Å². The standard InChI is InChI=1S/C19H32N2O5.C6H14N4O2.2H2S/c1-4-8-14(19(25)26-5-2)20-12(3)17(22)21-15-10-7-6-9-13(15)11-16(21)18(23)24;7-4(5(11)12)2-1-3-10-6(8)9;;/h12-16,20H,4-11H2,1-3H3,(H,23,24);4H,1-3,7H2,(H,11,12)(H4,8,9,10);2*1H2/t12-,13-,14-,15-,16-;4-;;/m00../s1. The molecule has 6 atom stereocenters. The number of hydrogen-bond donors (Lipinski definition) is 6. The highest BCUT2D eigenvalue weighted by atomic mass is 32.1. The number of carbonyl (C=O) groups excluding carboxylic acids is 2. The molecule has 2 aliphatic rings. The smallest absolute Gasteiger partial charge is 0.326 e. The summed E-state index contributed by atoms with van der Waals surface area (Å²) < 4.78 is 5.09. The molecule has 0 aromatic heterocycles. The van der Waals surface area contributed by atoms with E-state index < -0.39 is 36.1 Å². The molecule has 15 heteroatoms. The average Bonchev–Trinajstić information content (AvgIpc) is 3.26. The number of rotatable bonds is 13. The Morgan fingerprint density at radius 1 is 1.07 bits per heavy atom. The second kappa shape index (κ2) is 20.6. The lowest BCUT2D eigenvalue weighted by Gasteiger charge is -2.35. The van der Waals surface area contributed by atoms with E-state index in [1.165, 1.54) is 0 Å². The summed E-state index contributed by atoms with van der Waals surface area (Å²) in [6, 6.07) is -2.74. The van der Waals surface area contributed by atoms with Crippen molar-refractivity contribution >= 4 is 56.8 Å². The maximum atomic E-state index is 13.1. The van der Waals surface area contributed by atoms with Gasteiger partial charge in [0.25, 0.3) is 0 Å².